The molecule has 2 heterocycles. The van der Waals surface area contributed by atoms with Crippen LogP contribution in [0.5, 0.6) is 0 Å². The Balaban J connectivity index is 0.00000176. The smallest absolute Gasteiger partial charge is 0.228 e. The minimum absolute atomic E-state index is 0. The molecule has 1 N–H and O–H groups in total. The van der Waals surface area contributed by atoms with Crippen molar-refractivity contribution in [3.63, 3.8) is 0 Å². The summed E-state index contributed by atoms with van der Waals surface area (Å²) in [5.41, 5.74) is 1.67. The number of piperazine rings is 1. The van der Waals surface area contributed by atoms with Crippen LogP contribution in [0.2, 0.25) is 0 Å². The minimum Gasteiger partial charge on any atom is -0.441 e. The van der Waals surface area contributed by atoms with E-state index in [0.717, 1.165) is 43.2 Å². The maximum absolute atomic E-state index is 12.3. The number of nitrogens with zero attached hydrogens (tertiary/aromatic N) is 2. The lowest BCUT2D eigenvalue weighted by molar-refractivity contribution is -0.131. The van der Waals surface area contributed by atoms with Gasteiger partial charge in [-0.15, -0.1) is 12.4 Å². The van der Waals surface area contributed by atoms with Gasteiger partial charge < -0.3 is 14.6 Å². The number of carbonyl (C=O) groups is 1. The van der Waals surface area contributed by atoms with E-state index in [0.29, 0.717) is 12.3 Å². The molecule has 0 saturated carbocycles. The highest BCUT2D eigenvalue weighted by Crippen LogP contribution is 2.21. The molecule has 1 aliphatic heterocycles. The Labute approximate surface area is 136 Å². The second-order valence-corrected chi connectivity index (χ2v) is 5.20. The predicted octanol–water partition coefficient (Wildman–Crippen LogP) is 2.05. The van der Waals surface area contributed by atoms with Gasteiger partial charge >= 0.3 is 0 Å². The van der Waals surface area contributed by atoms with Gasteiger partial charge in [-0.25, -0.2) is 4.98 Å². The van der Waals surface area contributed by atoms with E-state index < -0.39 is 0 Å². The maximum Gasteiger partial charge on any atom is 0.228 e. The van der Waals surface area contributed by atoms with Crippen molar-refractivity contribution < 1.29 is 9.21 Å². The molecule has 0 unspecified atom stereocenters. The fourth-order valence-electron chi connectivity index (χ4n) is 2.47. The van der Waals surface area contributed by atoms with Gasteiger partial charge in [0, 0.05) is 31.7 Å². The second kappa shape index (κ2) is 7.42. The fraction of sp³-hybridized carbons (Fsp3) is 0.375. The number of benzene rings is 1. The number of nitrogens with one attached hydrogen (secondary N) is 1. The zero-order valence-electron chi connectivity index (χ0n) is 12.5. The van der Waals surface area contributed by atoms with Crippen LogP contribution in [0.25, 0.3) is 11.5 Å². The third-order valence-corrected chi connectivity index (χ3v) is 3.70. The van der Waals surface area contributed by atoms with Crippen LogP contribution >= 0.6 is 12.4 Å². The van der Waals surface area contributed by atoms with Gasteiger partial charge in [0.1, 0.15) is 5.76 Å². The first kappa shape index (κ1) is 16.5. The third-order valence-electron chi connectivity index (χ3n) is 3.70. The SMILES string of the molecule is Cc1oc(-c2ccccc2)nc1CC(=O)N1CCNCC1.Cl. The van der Waals surface area contributed by atoms with Gasteiger partial charge in [-0.3, -0.25) is 4.79 Å². The monoisotopic (exact) mass is 321 g/mol. The summed E-state index contributed by atoms with van der Waals surface area (Å²) in [6.07, 6.45) is 0.308. The first-order valence-corrected chi connectivity index (χ1v) is 7.24. The number of hydrogen-bond acceptors (Lipinski definition) is 4. The lowest BCUT2D eigenvalue weighted by atomic mass is 10.2. The van der Waals surface area contributed by atoms with Crippen molar-refractivity contribution in [1.29, 1.82) is 0 Å². The molecule has 118 valence electrons. The second-order valence-electron chi connectivity index (χ2n) is 5.20. The lowest BCUT2D eigenvalue weighted by Crippen LogP contribution is -2.47. The average Bonchev–Trinajstić information content (AvgIpc) is 2.90. The summed E-state index contributed by atoms with van der Waals surface area (Å²) in [6.45, 7) is 5.11. The average molecular weight is 322 g/mol. The topological polar surface area (TPSA) is 58.4 Å². The van der Waals surface area contributed by atoms with Crippen LogP contribution in [-0.4, -0.2) is 42.0 Å². The van der Waals surface area contributed by atoms with E-state index in [-0.39, 0.29) is 18.3 Å². The molecule has 2 aromatic rings. The standard InChI is InChI=1S/C16H19N3O2.ClH/c1-12-14(11-15(20)19-9-7-17-8-10-19)18-16(21-12)13-5-3-2-4-6-13;/h2-6,17H,7-11H2,1H3;1H. The predicted molar refractivity (Wildman–Crippen MR) is 87.1 cm³/mol. The molecule has 0 aliphatic carbocycles. The summed E-state index contributed by atoms with van der Waals surface area (Å²) in [7, 11) is 0. The molecule has 22 heavy (non-hydrogen) atoms. The lowest BCUT2D eigenvalue weighted by Gasteiger charge is -2.27. The van der Waals surface area contributed by atoms with E-state index in [2.05, 4.69) is 10.3 Å². The zero-order valence-corrected chi connectivity index (χ0v) is 13.4. The van der Waals surface area contributed by atoms with Crippen molar-refractivity contribution in [3.05, 3.63) is 41.8 Å². The third kappa shape index (κ3) is 3.67. The summed E-state index contributed by atoms with van der Waals surface area (Å²) < 4.78 is 5.69. The molecular formula is C16H20ClN3O2. The Kier molecular flexibility index (Phi) is 5.57. The molecule has 0 bridgehead atoms. The molecule has 0 atom stereocenters. The number of oxazole rings is 1. The van der Waals surface area contributed by atoms with E-state index in [1.165, 1.54) is 0 Å². The highest BCUT2D eigenvalue weighted by molar-refractivity contribution is 5.85. The number of halogens is 1. The van der Waals surface area contributed by atoms with E-state index in [1.807, 2.05) is 42.2 Å². The van der Waals surface area contributed by atoms with Crippen molar-refractivity contribution in [3.8, 4) is 11.5 Å². The van der Waals surface area contributed by atoms with Crippen LogP contribution in [-0.2, 0) is 11.2 Å². The summed E-state index contributed by atoms with van der Waals surface area (Å²) in [4.78, 5) is 18.6. The molecular weight excluding hydrogens is 302 g/mol. The van der Waals surface area contributed by atoms with Gasteiger partial charge in [0.05, 0.1) is 12.1 Å². The van der Waals surface area contributed by atoms with Crippen molar-refractivity contribution in [2.24, 2.45) is 0 Å². The van der Waals surface area contributed by atoms with Crippen LogP contribution in [0.1, 0.15) is 11.5 Å². The van der Waals surface area contributed by atoms with E-state index >= 15 is 0 Å². The molecule has 5 nitrogen and oxygen atoms in total. The van der Waals surface area contributed by atoms with Crippen molar-refractivity contribution in [2.75, 3.05) is 26.2 Å². The van der Waals surface area contributed by atoms with E-state index in [4.69, 9.17) is 4.42 Å². The van der Waals surface area contributed by atoms with E-state index in [1.54, 1.807) is 0 Å². The van der Waals surface area contributed by atoms with Gasteiger partial charge in [-0.2, -0.15) is 0 Å². The van der Waals surface area contributed by atoms with Crippen LogP contribution in [0.4, 0.5) is 0 Å². The minimum atomic E-state index is 0. The zero-order chi connectivity index (χ0) is 14.7. The summed E-state index contributed by atoms with van der Waals surface area (Å²) in [5, 5.41) is 3.24. The quantitative estimate of drug-likeness (QED) is 0.940. The fourth-order valence-corrected chi connectivity index (χ4v) is 2.47. The molecule has 0 spiro atoms. The van der Waals surface area contributed by atoms with Crippen molar-refractivity contribution in [1.82, 2.24) is 15.2 Å². The van der Waals surface area contributed by atoms with Crippen molar-refractivity contribution in [2.45, 2.75) is 13.3 Å². The molecule has 3 rings (SSSR count). The van der Waals surface area contributed by atoms with Gasteiger partial charge in [-0.1, -0.05) is 18.2 Å². The number of carbonyl (C=O) groups excluding carboxylic acids is 1. The van der Waals surface area contributed by atoms with Gasteiger partial charge in [0.15, 0.2) is 0 Å². The number of amides is 1. The van der Waals surface area contributed by atoms with Crippen LogP contribution < -0.4 is 5.32 Å². The Bertz CT molecular complexity index is 622. The summed E-state index contributed by atoms with van der Waals surface area (Å²) in [6, 6.07) is 9.75. The molecule has 1 fully saturated rings. The Morgan fingerprint density at radius 2 is 1.95 bits per heavy atom. The van der Waals surface area contributed by atoms with Crippen LogP contribution in [0.15, 0.2) is 34.7 Å². The van der Waals surface area contributed by atoms with Gasteiger partial charge in [0.2, 0.25) is 11.8 Å². The summed E-state index contributed by atoms with van der Waals surface area (Å²) >= 11 is 0. The largest absolute Gasteiger partial charge is 0.441 e. The van der Waals surface area contributed by atoms with Gasteiger partial charge in [0.25, 0.3) is 0 Å². The number of aromatic nitrogens is 1. The Morgan fingerprint density at radius 3 is 2.64 bits per heavy atom. The molecule has 1 aliphatic rings. The highest BCUT2D eigenvalue weighted by atomic mass is 35.5. The molecule has 1 saturated heterocycles. The van der Waals surface area contributed by atoms with E-state index in [9.17, 15) is 4.79 Å². The molecule has 6 heteroatoms. The highest BCUT2D eigenvalue weighted by Gasteiger charge is 2.20. The van der Waals surface area contributed by atoms with Crippen LogP contribution in [0, 0.1) is 6.92 Å². The first-order valence-electron chi connectivity index (χ1n) is 7.24. The number of rotatable bonds is 3. The molecule has 0 radical (unpaired) electrons. The number of hydrogen-bond donors (Lipinski definition) is 1. The summed E-state index contributed by atoms with van der Waals surface area (Å²) in [5.74, 6) is 1.42. The Hall–Kier alpha value is -1.85. The normalized spacial score (nSPS) is 14.5. The first-order chi connectivity index (χ1) is 10.2. The van der Waals surface area contributed by atoms with Gasteiger partial charge in [-0.05, 0) is 19.1 Å². The molecule has 1 amide bonds. The Morgan fingerprint density at radius 1 is 1.27 bits per heavy atom. The maximum atomic E-state index is 12.3. The number of aryl methyl sites for hydroxylation is 1. The molecule has 1 aromatic heterocycles. The van der Waals surface area contributed by atoms with Crippen molar-refractivity contribution >= 4 is 18.3 Å². The van der Waals surface area contributed by atoms with Crippen LogP contribution in [0.3, 0.4) is 0 Å². The molecule has 1 aromatic carbocycles.